The van der Waals surface area contributed by atoms with Crippen LogP contribution in [0.25, 0.3) is 0 Å². The molecule has 0 aromatic carbocycles. The van der Waals surface area contributed by atoms with Gasteiger partial charge >= 0.3 is 122 Å². The van der Waals surface area contributed by atoms with E-state index in [0.717, 1.165) is 0 Å². The molecule has 0 aromatic heterocycles. The van der Waals surface area contributed by atoms with Gasteiger partial charge in [0.1, 0.15) is 0 Å². The van der Waals surface area contributed by atoms with Gasteiger partial charge in [0.2, 0.25) is 0 Å². The Labute approximate surface area is 122 Å². The van der Waals surface area contributed by atoms with E-state index >= 15 is 0 Å². The first-order valence-corrected chi connectivity index (χ1v) is 10.9. The molecule has 0 aromatic rings. The number of aliphatic hydroxyl groups excluding tert-OH is 4. The second-order valence-electron chi connectivity index (χ2n) is 4.69. The predicted molar refractivity (Wildman–Crippen MR) is 70.9 cm³/mol. The third-order valence-electron chi connectivity index (χ3n) is 3.23. The fourth-order valence-corrected chi connectivity index (χ4v) is 8.43. The van der Waals surface area contributed by atoms with E-state index in [2.05, 4.69) is 4.18 Å². The summed E-state index contributed by atoms with van der Waals surface area (Å²) in [5.74, 6) is 0. The zero-order valence-corrected chi connectivity index (χ0v) is 13.5. The summed E-state index contributed by atoms with van der Waals surface area (Å²) in [6, 6.07) is 0. The number of aliphatic hydroxyl groups is 4. The fourth-order valence-electron chi connectivity index (χ4n) is 2.18. The molecule has 20 heavy (non-hydrogen) atoms. The molecular weight excluding hydrogens is 359 g/mol. The van der Waals surface area contributed by atoms with Crippen LogP contribution in [0.3, 0.4) is 0 Å². The third-order valence-corrected chi connectivity index (χ3v) is 9.64. The molecule has 120 valence electrons. The van der Waals surface area contributed by atoms with Gasteiger partial charge in [-0.15, -0.1) is 0 Å². The van der Waals surface area contributed by atoms with Crippen molar-refractivity contribution in [3.05, 3.63) is 0 Å². The van der Waals surface area contributed by atoms with Gasteiger partial charge in [-0.3, -0.25) is 0 Å². The molecule has 1 unspecified atom stereocenters. The summed E-state index contributed by atoms with van der Waals surface area (Å²) in [7, 11) is -4.65. The second-order valence-corrected chi connectivity index (χ2v) is 10.7. The molecule has 10 heteroatoms. The van der Waals surface area contributed by atoms with Gasteiger partial charge in [-0.2, -0.15) is 0 Å². The first-order valence-electron chi connectivity index (χ1n) is 6.16. The topological polar surface area (TPSA) is 145 Å². The van der Waals surface area contributed by atoms with Crippen molar-refractivity contribution >= 4 is 24.3 Å². The first-order chi connectivity index (χ1) is 9.19. The normalized spacial score (nSPS) is 34.1. The van der Waals surface area contributed by atoms with E-state index in [-0.39, 0.29) is 18.3 Å². The van der Waals surface area contributed by atoms with Gasteiger partial charge in [-0.05, 0) is 0 Å². The molecule has 0 radical (unpaired) electrons. The van der Waals surface area contributed by atoms with Crippen LogP contribution in [0.4, 0.5) is 0 Å². The molecule has 1 heterocycles. The van der Waals surface area contributed by atoms with Crippen LogP contribution in [0.5, 0.6) is 0 Å². The molecule has 1 fully saturated rings. The standard InChI is InChI=1S/C10H20O8SSe/c1-2-8(18-19(15,16)17)6(12)4-20-5-7(13)10(14)9(20)3-11/h6-14H,2-5H2,1H3/p+1/t6-,7+,8+,9+,10-,20?/m0/s1. The van der Waals surface area contributed by atoms with Crippen molar-refractivity contribution in [2.24, 2.45) is 0 Å². The predicted octanol–water partition coefficient (Wildman–Crippen LogP) is -1.46. The molecule has 0 saturated carbocycles. The Bertz CT molecular complexity index is 402. The average molecular weight is 380 g/mol. The molecule has 0 amide bonds. The zero-order chi connectivity index (χ0) is 15.5. The Morgan fingerprint density at radius 1 is 1.40 bits per heavy atom. The summed E-state index contributed by atoms with van der Waals surface area (Å²) < 4.78 is 34.4. The van der Waals surface area contributed by atoms with Gasteiger partial charge in [-0.1, -0.05) is 0 Å². The molecular formula is C10H21O8SSe+. The van der Waals surface area contributed by atoms with E-state index in [4.69, 9.17) is 4.55 Å². The van der Waals surface area contributed by atoms with Crippen LogP contribution in [0.15, 0.2) is 0 Å². The van der Waals surface area contributed by atoms with E-state index in [1.54, 1.807) is 6.92 Å². The summed E-state index contributed by atoms with van der Waals surface area (Å²) in [4.78, 5) is -0.456. The van der Waals surface area contributed by atoms with Crippen LogP contribution in [0.1, 0.15) is 13.3 Å². The molecule has 1 aliphatic heterocycles. The maximum atomic E-state index is 10.7. The van der Waals surface area contributed by atoms with Gasteiger partial charge in [0.15, 0.2) is 0 Å². The van der Waals surface area contributed by atoms with E-state index in [9.17, 15) is 28.8 Å². The van der Waals surface area contributed by atoms with Crippen LogP contribution < -0.4 is 0 Å². The monoisotopic (exact) mass is 381 g/mol. The SMILES string of the molecule is CC[C@@H](OS(=O)(=O)O)[C@@H](O)C[Se+]1C[C@@H](O)[C@H](O)[C@H]1CO. The fraction of sp³-hybridized carbons (Fsp3) is 1.00. The van der Waals surface area contributed by atoms with Crippen molar-refractivity contribution < 1.29 is 37.6 Å². The van der Waals surface area contributed by atoms with Crippen molar-refractivity contribution in [2.45, 2.75) is 53.2 Å². The molecule has 6 atom stereocenters. The Morgan fingerprint density at radius 3 is 2.45 bits per heavy atom. The van der Waals surface area contributed by atoms with Crippen molar-refractivity contribution in [2.75, 3.05) is 6.61 Å². The van der Waals surface area contributed by atoms with Gasteiger partial charge in [0.25, 0.3) is 0 Å². The summed E-state index contributed by atoms with van der Waals surface area (Å²) in [6.45, 7) is 1.31. The van der Waals surface area contributed by atoms with Crippen LogP contribution in [-0.4, -0.2) is 78.3 Å². The van der Waals surface area contributed by atoms with Crippen molar-refractivity contribution in [1.29, 1.82) is 0 Å². The molecule has 0 spiro atoms. The summed E-state index contributed by atoms with van der Waals surface area (Å²) in [5.41, 5.74) is 0. The van der Waals surface area contributed by atoms with Gasteiger partial charge in [0, 0.05) is 0 Å². The number of hydrogen-bond acceptors (Lipinski definition) is 7. The Kier molecular flexibility index (Phi) is 6.84. The molecule has 1 saturated heterocycles. The average Bonchev–Trinajstić information content (AvgIpc) is 2.60. The molecule has 0 bridgehead atoms. The van der Waals surface area contributed by atoms with Crippen molar-refractivity contribution in [3.63, 3.8) is 0 Å². The number of hydrogen-bond donors (Lipinski definition) is 5. The minimum atomic E-state index is -4.65. The molecule has 1 rings (SSSR count). The van der Waals surface area contributed by atoms with Crippen molar-refractivity contribution in [1.82, 2.24) is 0 Å². The zero-order valence-electron chi connectivity index (χ0n) is 11.0. The van der Waals surface area contributed by atoms with Crippen LogP contribution in [0.2, 0.25) is 15.5 Å². The molecule has 0 aliphatic carbocycles. The van der Waals surface area contributed by atoms with Crippen LogP contribution in [0, 0.1) is 0 Å². The first kappa shape index (κ1) is 18.3. The number of rotatable bonds is 7. The van der Waals surface area contributed by atoms with Crippen LogP contribution >= 0.6 is 0 Å². The van der Waals surface area contributed by atoms with Gasteiger partial charge in [-0.25, -0.2) is 0 Å². The quantitative estimate of drug-likeness (QED) is 0.266. The maximum absolute atomic E-state index is 10.7. The Morgan fingerprint density at radius 2 is 2.00 bits per heavy atom. The van der Waals surface area contributed by atoms with E-state index in [0.29, 0.717) is 5.32 Å². The van der Waals surface area contributed by atoms with Gasteiger partial charge < -0.3 is 0 Å². The Hall–Kier alpha value is 0.229. The summed E-state index contributed by atoms with van der Waals surface area (Å²) >= 11 is -1.71. The summed E-state index contributed by atoms with van der Waals surface area (Å²) in [6.07, 6.45) is -3.98. The molecule has 1 aliphatic rings. The molecule has 5 N–H and O–H groups in total. The minimum absolute atomic E-state index is 0.174. The van der Waals surface area contributed by atoms with E-state index in [1.807, 2.05) is 0 Å². The van der Waals surface area contributed by atoms with E-state index in [1.165, 1.54) is 0 Å². The molecule has 8 nitrogen and oxygen atoms in total. The Balaban J connectivity index is 2.66. The van der Waals surface area contributed by atoms with Crippen molar-refractivity contribution in [3.8, 4) is 0 Å². The van der Waals surface area contributed by atoms with E-state index < -0.39 is 53.5 Å². The summed E-state index contributed by atoms with van der Waals surface area (Å²) in [5, 5.41) is 39.0. The second kappa shape index (κ2) is 7.48. The van der Waals surface area contributed by atoms with Crippen LogP contribution in [-0.2, 0) is 14.6 Å². The van der Waals surface area contributed by atoms with Gasteiger partial charge in [0.05, 0.1) is 0 Å². The third kappa shape index (κ3) is 4.90.